The van der Waals surface area contributed by atoms with Crippen molar-refractivity contribution in [2.45, 2.75) is 44.6 Å². The van der Waals surface area contributed by atoms with Crippen LogP contribution in [0.3, 0.4) is 0 Å². The molecule has 3 rings (SSSR count). The van der Waals surface area contributed by atoms with Gasteiger partial charge in [0.1, 0.15) is 18.3 Å². The van der Waals surface area contributed by atoms with Gasteiger partial charge in [-0.05, 0) is 19.4 Å². The van der Waals surface area contributed by atoms with E-state index in [4.69, 9.17) is 18.9 Å². The molecular weight excluding hydrogens is 244 g/mol. The first-order valence-electron chi connectivity index (χ1n) is 6.73. The molecule has 2 aliphatic rings. The van der Waals surface area contributed by atoms with Gasteiger partial charge in [0.2, 0.25) is 0 Å². The third-order valence-corrected chi connectivity index (χ3v) is 3.53. The van der Waals surface area contributed by atoms with Crippen LogP contribution in [0.2, 0.25) is 0 Å². The Morgan fingerprint density at radius 1 is 1.21 bits per heavy atom. The van der Waals surface area contributed by atoms with E-state index >= 15 is 0 Å². The summed E-state index contributed by atoms with van der Waals surface area (Å²) in [6, 6.07) is 10.1. The molecule has 0 amide bonds. The van der Waals surface area contributed by atoms with Crippen LogP contribution >= 0.6 is 0 Å². The number of hydrogen-bond donors (Lipinski definition) is 0. The van der Waals surface area contributed by atoms with Crippen LogP contribution in [0, 0.1) is 0 Å². The second kappa shape index (κ2) is 5.21. The molecule has 4 nitrogen and oxygen atoms in total. The Balaban J connectivity index is 1.59. The molecule has 0 spiro atoms. The van der Waals surface area contributed by atoms with Gasteiger partial charge in [-0.25, -0.2) is 0 Å². The van der Waals surface area contributed by atoms with Gasteiger partial charge in [-0.2, -0.15) is 0 Å². The van der Waals surface area contributed by atoms with Crippen LogP contribution in [0.25, 0.3) is 0 Å². The number of fused-ring (bicyclic) bond motifs is 1. The number of rotatable bonds is 3. The van der Waals surface area contributed by atoms with Crippen molar-refractivity contribution in [2.75, 3.05) is 13.2 Å². The first kappa shape index (κ1) is 13.1. The summed E-state index contributed by atoms with van der Waals surface area (Å²) in [5.74, 6) is -0.552. The second-order valence-corrected chi connectivity index (χ2v) is 5.50. The molecular formula is C15H20O4. The van der Waals surface area contributed by atoms with Gasteiger partial charge in [0, 0.05) is 0 Å². The zero-order valence-corrected chi connectivity index (χ0v) is 11.4. The third-order valence-electron chi connectivity index (χ3n) is 3.53. The quantitative estimate of drug-likeness (QED) is 0.838. The molecule has 0 bridgehead atoms. The van der Waals surface area contributed by atoms with E-state index in [2.05, 4.69) is 12.1 Å². The molecule has 2 aliphatic heterocycles. The molecule has 2 saturated heterocycles. The van der Waals surface area contributed by atoms with Crippen molar-refractivity contribution in [1.82, 2.24) is 0 Å². The molecule has 2 fully saturated rings. The summed E-state index contributed by atoms with van der Waals surface area (Å²) in [5, 5.41) is 0. The van der Waals surface area contributed by atoms with E-state index in [1.807, 2.05) is 32.0 Å². The highest BCUT2D eigenvalue weighted by molar-refractivity contribution is 5.13. The van der Waals surface area contributed by atoms with Crippen LogP contribution in [0.1, 0.15) is 19.4 Å². The van der Waals surface area contributed by atoms with Crippen LogP contribution < -0.4 is 0 Å². The molecule has 0 radical (unpaired) electrons. The molecule has 0 saturated carbocycles. The third kappa shape index (κ3) is 2.98. The van der Waals surface area contributed by atoms with Gasteiger partial charge in [-0.15, -0.1) is 0 Å². The zero-order chi connectivity index (χ0) is 13.3. The highest BCUT2D eigenvalue weighted by Gasteiger charge is 2.46. The lowest BCUT2D eigenvalue weighted by Crippen LogP contribution is -2.50. The van der Waals surface area contributed by atoms with Crippen LogP contribution in [-0.4, -0.2) is 37.3 Å². The molecule has 4 heteroatoms. The van der Waals surface area contributed by atoms with Crippen molar-refractivity contribution in [3.8, 4) is 0 Å². The standard InChI is InChI=1S/C15H20O4/c1-15(2)18-10-13-14(19-15)12(9-17-13)16-8-11-6-4-3-5-7-11/h3-7,12-14H,8-10H2,1-2H3/t12-,13-,14-/m1/s1. The van der Waals surface area contributed by atoms with Crippen molar-refractivity contribution < 1.29 is 18.9 Å². The largest absolute Gasteiger partial charge is 0.370 e. The van der Waals surface area contributed by atoms with Crippen LogP contribution in [0.4, 0.5) is 0 Å². The summed E-state index contributed by atoms with van der Waals surface area (Å²) in [6.45, 7) is 5.58. The predicted octanol–water partition coefficient (Wildman–Crippen LogP) is 2.12. The molecule has 0 aliphatic carbocycles. The van der Waals surface area contributed by atoms with Crippen molar-refractivity contribution in [2.24, 2.45) is 0 Å². The fraction of sp³-hybridized carbons (Fsp3) is 0.600. The van der Waals surface area contributed by atoms with Crippen LogP contribution in [0.15, 0.2) is 30.3 Å². The van der Waals surface area contributed by atoms with E-state index in [1.54, 1.807) is 0 Å². The Labute approximate surface area is 113 Å². The highest BCUT2D eigenvalue weighted by atomic mass is 16.7. The summed E-state index contributed by atoms with van der Waals surface area (Å²) in [6.07, 6.45) is -0.0605. The summed E-state index contributed by atoms with van der Waals surface area (Å²) < 4.78 is 23.1. The summed E-state index contributed by atoms with van der Waals surface area (Å²) >= 11 is 0. The van der Waals surface area contributed by atoms with Gasteiger partial charge in [0.15, 0.2) is 5.79 Å². The van der Waals surface area contributed by atoms with Crippen LogP contribution in [0.5, 0.6) is 0 Å². The fourth-order valence-corrected chi connectivity index (χ4v) is 2.51. The number of benzene rings is 1. The van der Waals surface area contributed by atoms with E-state index in [0.717, 1.165) is 5.56 Å². The predicted molar refractivity (Wildman–Crippen MR) is 69.7 cm³/mol. The smallest absolute Gasteiger partial charge is 0.163 e. The maximum atomic E-state index is 5.95. The first-order valence-corrected chi connectivity index (χ1v) is 6.73. The van der Waals surface area contributed by atoms with E-state index in [-0.39, 0.29) is 18.3 Å². The minimum Gasteiger partial charge on any atom is -0.370 e. The maximum absolute atomic E-state index is 5.95. The van der Waals surface area contributed by atoms with Gasteiger partial charge in [-0.3, -0.25) is 0 Å². The Morgan fingerprint density at radius 2 is 2.00 bits per heavy atom. The van der Waals surface area contributed by atoms with E-state index < -0.39 is 5.79 Å². The van der Waals surface area contributed by atoms with Gasteiger partial charge in [0.05, 0.1) is 19.8 Å². The van der Waals surface area contributed by atoms with E-state index in [0.29, 0.717) is 19.8 Å². The summed E-state index contributed by atoms with van der Waals surface area (Å²) in [5.41, 5.74) is 1.16. The second-order valence-electron chi connectivity index (χ2n) is 5.50. The lowest BCUT2D eigenvalue weighted by molar-refractivity contribution is -0.302. The summed E-state index contributed by atoms with van der Waals surface area (Å²) in [4.78, 5) is 0. The summed E-state index contributed by atoms with van der Waals surface area (Å²) in [7, 11) is 0. The van der Waals surface area contributed by atoms with Crippen LogP contribution in [-0.2, 0) is 25.6 Å². The normalized spacial score (nSPS) is 33.1. The Bertz CT molecular complexity index is 417. The Kier molecular flexibility index (Phi) is 3.58. The van der Waals surface area contributed by atoms with Crippen molar-refractivity contribution in [3.05, 3.63) is 35.9 Å². The molecule has 2 heterocycles. The molecule has 19 heavy (non-hydrogen) atoms. The monoisotopic (exact) mass is 264 g/mol. The van der Waals surface area contributed by atoms with Gasteiger partial charge in [0.25, 0.3) is 0 Å². The fourth-order valence-electron chi connectivity index (χ4n) is 2.51. The lowest BCUT2D eigenvalue weighted by Gasteiger charge is -2.38. The maximum Gasteiger partial charge on any atom is 0.163 e. The minimum absolute atomic E-state index is 0.00574. The molecule has 104 valence electrons. The van der Waals surface area contributed by atoms with Crippen molar-refractivity contribution in [3.63, 3.8) is 0 Å². The molecule has 1 aromatic rings. The average molecular weight is 264 g/mol. The lowest BCUT2D eigenvalue weighted by atomic mass is 10.1. The Morgan fingerprint density at radius 3 is 2.79 bits per heavy atom. The minimum atomic E-state index is -0.552. The molecule has 0 unspecified atom stereocenters. The van der Waals surface area contributed by atoms with Crippen molar-refractivity contribution in [1.29, 1.82) is 0 Å². The topological polar surface area (TPSA) is 36.9 Å². The zero-order valence-electron chi connectivity index (χ0n) is 11.4. The molecule has 0 aromatic heterocycles. The highest BCUT2D eigenvalue weighted by Crippen LogP contribution is 2.31. The first-order chi connectivity index (χ1) is 9.14. The Hall–Kier alpha value is -0.940. The van der Waals surface area contributed by atoms with Gasteiger partial charge in [-0.1, -0.05) is 30.3 Å². The molecule has 0 N–H and O–H groups in total. The van der Waals surface area contributed by atoms with Crippen molar-refractivity contribution >= 4 is 0 Å². The van der Waals surface area contributed by atoms with E-state index in [9.17, 15) is 0 Å². The SMILES string of the molecule is CC1(C)OC[C@H]2OC[C@@H](OCc3ccccc3)[C@H]2O1. The number of hydrogen-bond acceptors (Lipinski definition) is 4. The number of ether oxygens (including phenoxy) is 4. The molecule has 1 aromatic carbocycles. The molecule has 3 atom stereocenters. The van der Waals surface area contributed by atoms with E-state index in [1.165, 1.54) is 0 Å². The average Bonchev–Trinajstić information content (AvgIpc) is 2.78. The van der Waals surface area contributed by atoms with Gasteiger partial charge < -0.3 is 18.9 Å². The van der Waals surface area contributed by atoms with Gasteiger partial charge >= 0.3 is 0 Å².